The molecule has 0 aliphatic carbocycles. The molecule has 2 aromatic carbocycles. The second-order valence-electron chi connectivity index (χ2n) is 7.42. The van der Waals surface area contributed by atoms with Gasteiger partial charge in [0.05, 0.1) is 4.90 Å². The van der Waals surface area contributed by atoms with Crippen LogP contribution < -0.4 is 0 Å². The highest BCUT2D eigenvalue weighted by Gasteiger charge is 2.29. The fourth-order valence-corrected chi connectivity index (χ4v) is 5.17. The zero-order valence-electron chi connectivity index (χ0n) is 16.5. The number of carbonyl (C=O) groups is 1. The Hall–Kier alpha value is -2.64. The lowest BCUT2D eigenvalue weighted by molar-refractivity contribution is -0.132. The average molecular weight is 412 g/mol. The minimum atomic E-state index is -3.51. The van der Waals surface area contributed by atoms with Gasteiger partial charge in [-0.05, 0) is 36.6 Å². The van der Waals surface area contributed by atoms with E-state index < -0.39 is 10.0 Å². The van der Waals surface area contributed by atoms with E-state index >= 15 is 0 Å². The molecule has 0 saturated carbocycles. The van der Waals surface area contributed by atoms with Gasteiger partial charge in [0.25, 0.3) is 0 Å². The van der Waals surface area contributed by atoms with Crippen LogP contribution in [-0.4, -0.2) is 54.3 Å². The lowest BCUT2D eigenvalue weighted by Crippen LogP contribution is -2.50. The summed E-state index contributed by atoms with van der Waals surface area (Å²) in [5.74, 6) is 0.0650. The number of fused-ring (bicyclic) bond motifs is 1. The summed E-state index contributed by atoms with van der Waals surface area (Å²) in [5, 5.41) is 1.16. The molecule has 0 radical (unpaired) electrons. The fraction of sp³-hybridized carbons (Fsp3) is 0.318. The van der Waals surface area contributed by atoms with Crippen LogP contribution in [0.4, 0.5) is 0 Å². The summed E-state index contributed by atoms with van der Waals surface area (Å²) < 4.78 is 29.2. The zero-order chi connectivity index (χ0) is 20.4. The van der Waals surface area contributed by atoms with Crippen molar-refractivity contribution in [2.45, 2.75) is 24.8 Å². The van der Waals surface area contributed by atoms with Crippen LogP contribution >= 0.6 is 0 Å². The predicted octanol–water partition coefficient (Wildman–Crippen LogP) is 2.87. The van der Waals surface area contributed by atoms with Crippen molar-refractivity contribution in [1.29, 1.82) is 0 Å². The molecule has 4 rings (SSSR count). The SMILES string of the molecule is Cc1ccc(S(=O)(=O)N2CCN(C(=O)CCn3ccc4ccccc43)CC2)cc1. The number of aromatic nitrogens is 1. The largest absolute Gasteiger partial charge is 0.347 e. The van der Waals surface area contributed by atoms with E-state index in [0.717, 1.165) is 16.5 Å². The highest BCUT2D eigenvalue weighted by molar-refractivity contribution is 7.89. The van der Waals surface area contributed by atoms with Gasteiger partial charge >= 0.3 is 0 Å². The average Bonchev–Trinajstić information content (AvgIpc) is 3.15. The van der Waals surface area contributed by atoms with Gasteiger partial charge in [-0.1, -0.05) is 35.9 Å². The van der Waals surface area contributed by atoms with Crippen LogP contribution in [0.5, 0.6) is 0 Å². The summed E-state index contributed by atoms with van der Waals surface area (Å²) in [6, 6.07) is 17.0. The monoisotopic (exact) mass is 411 g/mol. The van der Waals surface area contributed by atoms with Gasteiger partial charge in [0.15, 0.2) is 0 Å². The van der Waals surface area contributed by atoms with E-state index in [2.05, 4.69) is 22.8 Å². The first kappa shape index (κ1) is 19.7. The number of amides is 1. The fourth-order valence-electron chi connectivity index (χ4n) is 3.75. The molecule has 0 bridgehead atoms. The number of benzene rings is 2. The zero-order valence-corrected chi connectivity index (χ0v) is 17.3. The number of sulfonamides is 1. The lowest BCUT2D eigenvalue weighted by Gasteiger charge is -2.34. The van der Waals surface area contributed by atoms with Crippen molar-refractivity contribution in [2.75, 3.05) is 26.2 Å². The molecule has 0 N–H and O–H groups in total. The van der Waals surface area contributed by atoms with E-state index in [9.17, 15) is 13.2 Å². The standard InChI is InChI=1S/C22H25N3O3S/c1-18-6-8-20(9-7-18)29(27,28)25-16-14-24(15-17-25)22(26)11-13-23-12-10-19-4-2-3-5-21(19)23/h2-10,12H,11,13-17H2,1H3. The van der Waals surface area contributed by atoms with E-state index in [0.29, 0.717) is 44.0 Å². The molecule has 1 fully saturated rings. The Labute approximate surface area is 171 Å². The highest BCUT2D eigenvalue weighted by atomic mass is 32.2. The number of hydrogen-bond donors (Lipinski definition) is 0. The summed E-state index contributed by atoms with van der Waals surface area (Å²) in [7, 11) is -3.51. The van der Waals surface area contributed by atoms with Crippen LogP contribution in [0.15, 0.2) is 65.7 Å². The predicted molar refractivity (Wildman–Crippen MR) is 113 cm³/mol. The Bertz CT molecular complexity index is 1110. The number of piperazine rings is 1. The number of carbonyl (C=O) groups excluding carboxylic acids is 1. The van der Waals surface area contributed by atoms with Crippen LogP contribution in [0.2, 0.25) is 0 Å². The molecule has 0 atom stereocenters. The molecule has 152 valence electrons. The maximum absolute atomic E-state index is 12.8. The summed E-state index contributed by atoms with van der Waals surface area (Å²) in [5.41, 5.74) is 2.14. The van der Waals surface area contributed by atoms with Crippen LogP contribution in [0, 0.1) is 6.92 Å². The highest BCUT2D eigenvalue weighted by Crippen LogP contribution is 2.19. The molecule has 1 saturated heterocycles. The van der Waals surface area contributed by atoms with E-state index in [1.54, 1.807) is 29.2 Å². The third-order valence-corrected chi connectivity index (χ3v) is 7.41. The molecular weight excluding hydrogens is 386 g/mol. The summed E-state index contributed by atoms with van der Waals surface area (Å²) in [6.07, 6.45) is 2.41. The summed E-state index contributed by atoms with van der Waals surface area (Å²) in [4.78, 5) is 14.7. The Balaban J connectivity index is 1.34. The molecule has 1 aromatic heterocycles. The molecule has 1 aliphatic rings. The number of rotatable bonds is 5. The number of para-hydroxylation sites is 1. The van der Waals surface area contributed by atoms with Crippen molar-refractivity contribution in [2.24, 2.45) is 0 Å². The van der Waals surface area contributed by atoms with Gasteiger partial charge in [-0.3, -0.25) is 4.79 Å². The first-order valence-electron chi connectivity index (χ1n) is 9.83. The van der Waals surface area contributed by atoms with E-state index in [1.165, 1.54) is 4.31 Å². The Morgan fingerprint density at radius 2 is 1.62 bits per heavy atom. The number of hydrogen-bond acceptors (Lipinski definition) is 3. The molecule has 6 nitrogen and oxygen atoms in total. The van der Waals surface area contributed by atoms with Crippen molar-refractivity contribution in [3.8, 4) is 0 Å². The molecule has 7 heteroatoms. The van der Waals surface area contributed by atoms with Crippen molar-refractivity contribution >= 4 is 26.8 Å². The molecule has 0 spiro atoms. The number of nitrogens with zero attached hydrogens (tertiary/aromatic N) is 3. The molecular formula is C22H25N3O3S. The second kappa shape index (κ2) is 8.00. The van der Waals surface area contributed by atoms with Crippen LogP contribution in [0.1, 0.15) is 12.0 Å². The van der Waals surface area contributed by atoms with Crippen molar-refractivity contribution in [3.63, 3.8) is 0 Å². The van der Waals surface area contributed by atoms with Crippen molar-refractivity contribution in [3.05, 3.63) is 66.4 Å². The van der Waals surface area contributed by atoms with Crippen LogP contribution in [0.3, 0.4) is 0 Å². The topological polar surface area (TPSA) is 62.6 Å². The van der Waals surface area contributed by atoms with Crippen LogP contribution in [-0.2, 0) is 21.4 Å². The van der Waals surface area contributed by atoms with Gasteiger partial charge in [-0.25, -0.2) is 8.42 Å². The molecule has 1 aliphatic heterocycles. The maximum Gasteiger partial charge on any atom is 0.243 e. The first-order chi connectivity index (χ1) is 13.9. The van der Waals surface area contributed by atoms with Gasteiger partial charge in [-0.15, -0.1) is 0 Å². The van der Waals surface area contributed by atoms with E-state index in [-0.39, 0.29) is 5.91 Å². The van der Waals surface area contributed by atoms with E-state index in [1.807, 2.05) is 25.3 Å². The molecule has 29 heavy (non-hydrogen) atoms. The Morgan fingerprint density at radius 1 is 0.931 bits per heavy atom. The first-order valence-corrected chi connectivity index (χ1v) is 11.3. The number of aryl methyl sites for hydroxylation is 2. The maximum atomic E-state index is 12.8. The molecule has 2 heterocycles. The normalized spacial score (nSPS) is 15.7. The van der Waals surface area contributed by atoms with Gasteiger partial charge in [-0.2, -0.15) is 4.31 Å². The smallest absolute Gasteiger partial charge is 0.243 e. The Kier molecular flexibility index (Phi) is 5.43. The lowest BCUT2D eigenvalue weighted by atomic mass is 10.2. The van der Waals surface area contributed by atoms with E-state index in [4.69, 9.17) is 0 Å². The quantitative estimate of drug-likeness (QED) is 0.649. The minimum Gasteiger partial charge on any atom is -0.347 e. The van der Waals surface area contributed by atoms with Gasteiger partial charge in [0, 0.05) is 50.9 Å². The molecule has 3 aromatic rings. The van der Waals surface area contributed by atoms with Gasteiger partial charge in [0.2, 0.25) is 15.9 Å². The molecule has 1 amide bonds. The third kappa shape index (κ3) is 4.06. The third-order valence-electron chi connectivity index (χ3n) is 5.50. The Morgan fingerprint density at radius 3 is 2.34 bits per heavy atom. The molecule has 0 unspecified atom stereocenters. The summed E-state index contributed by atoms with van der Waals surface area (Å²) in [6.45, 7) is 4.06. The van der Waals surface area contributed by atoms with Crippen LogP contribution in [0.25, 0.3) is 10.9 Å². The van der Waals surface area contributed by atoms with Crippen molar-refractivity contribution in [1.82, 2.24) is 13.8 Å². The second-order valence-corrected chi connectivity index (χ2v) is 9.35. The van der Waals surface area contributed by atoms with Gasteiger partial charge < -0.3 is 9.47 Å². The van der Waals surface area contributed by atoms with Gasteiger partial charge in [0.1, 0.15) is 0 Å². The minimum absolute atomic E-state index is 0.0650. The summed E-state index contributed by atoms with van der Waals surface area (Å²) >= 11 is 0. The van der Waals surface area contributed by atoms with Crippen molar-refractivity contribution < 1.29 is 13.2 Å².